The number of hydrogen-bond acceptors (Lipinski definition) is 2. The summed E-state index contributed by atoms with van der Waals surface area (Å²) in [4.78, 5) is 22.7. The van der Waals surface area contributed by atoms with Crippen LogP contribution in [-0.4, -0.2) is 17.0 Å². The molecule has 0 radical (unpaired) electrons. The monoisotopic (exact) mass is 263 g/mol. The molecule has 2 fully saturated rings. The zero-order chi connectivity index (χ0) is 13.6. The van der Waals surface area contributed by atoms with Gasteiger partial charge in [-0.15, -0.1) is 0 Å². The van der Waals surface area contributed by atoms with Crippen LogP contribution in [0.2, 0.25) is 0 Å². The summed E-state index contributed by atoms with van der Waals surface area (Å²) in [5, 5.41) is 11.6. The highest BCUT2D eigenvalue weighted by atomic mass is 19.1. The van der Waals surface area contributed by atoms with Crippen LogP contribution in [0.3, 0.4) is 0 Å². The molecular formula is C14H14FNO3. The maximum absolute atomic E-state index is 13.8. The minimum atomic E-state index is -0.934. The van der Waals surface area contributed by atoms with Crippen molar-refractivity contribution in [3.63, 3.8) is 0 Å². The molecule has 2 N–H and O–H groups in total. The first-order valence-corrected chi connectivity index (χ1v) is 6.33. The van der Waals surface area contributed by atoms with Crippen molar-refractivity contribution in [3.05, 3.63) is 35.6 Å². The van der Waals surface area contributed by atoms with E-state index in [4.69, 9.17) is 5.11 Å². The molecule has 1 amide bonds. The largest absolute Gasteiger partial charge is 0.481 e. The van der Waals surface area contributed by atoms with Gasteiger partial charge in [-0.3, -0.25) is 9.59 Å². The topological polar surface area (TPSA) is 66.4 Å². The molecule has 0 spiro atoms. The summed E-state index contributed by atoms with van der Waals surface area (Å²) in [6, 6.07) is 6.39. The summed E-state index contributed by atoms with van der Waals surface area (Å²) >= 11 is 0. The van der Waals surface area contributed by atoms with E-state index in [-0.39, 0.29) is 11.7 Å². The average molecular weight is 263 g/mol. The summed E-state index contributed by atoms with van der Waals surface area (Å²) in [6.07, 6.45) is 1.78. The third-order valence-corrected chi connectivity index (χ3v) is 3.95. The Bertz CT molecular complexity index is 553. The van der Waals surface area contributed by atoms with Crippen LogP contribution >= 0.6 is 0 Å². The second-order valence-electron chi connectivity index (χ2n) is 5.34. The van der Waals surface area contributed by atoms with Gasteiger partial charge in [0.25, 0.3) is 0 Å². The van der Waals surface area contributed by atoms with Gasteiger partial charge in [0.2, 0.25) is 5.91 Å². The first-order valence-electron chi connectivity index (χ1n) is 6.33. The molecule has 3 rings (SSSR count). The van der Waals surface area contributed by atoms with Crippen LogP contribution in [0.5, 0.6) is 0 Å². The van der Waals surface area contributed by atoms with Crippen LogP contribution in [0.4, 0.5) is 4.39 Å². The zero-order valence-corrected chi connectivity index (χ0v) is 10.2. The lowest BCUT2D eigenvalue weighted by molar-refractivity contribution is -0.140. The fourth-order valence-electron chi connectivity index (χ4n) is 2.52. The quantitative estimate of drug-likeness (QED) is 0.868. The predicted molar refractivity (Wildman–Crippen MR) is 64.7 cm³/mol. The van der Waals surface area contributed by atoms with E-state index in [1.807, 2.05) is 0 Å². The molecule has 0 aromatic heterocycles. The molecule has 0 unspecified atom stereocenters. The van der Waals surface area contributed by atoms with Gasteiger partial charge in [-0.05, 0) is 25.3 Å². The van der Waals surface area contributed by atoms with Crippen LogP contribution in [0.25, 0.3) is 0 Å². The van der Waals surface area contributed by atoms with Crippen molar-refractivity contribution in [2.75, 3.05) is 0 Å². The normalized spacial score (nSPS) is 26.6. The van der Waals surface area contributed by atoms with Crippen molar-refractivity contribution < 1.29 is 19.1 Å². The summed E-state index contributed by atoms with van der Waals surface area (Å²) in [5.74, 6) is -2.56. The summed E-state index contributed by atoms with van der Waals surface area (Å²) in [7, 11) is 0. The smallest absolute Gasteiger partial charge is 0.307 e. The average Bonchev–Trinajstić information content (AvgIpc) is 3.24. The second-order valence-corrected chi connectivity index (χ2v) is 5.34. The molecule has 2 atom stereocenters. The molecule has 0 bridgehead atoms. The zero-order valence-electron chi connectivity index (χ0n) is 10.2. The van der Waals surface area contributed by atoms with Gasteiger partial charge in [-0.2, -0.15) is 0 Å². The summed E-state index contributed by atoms with van der Waals surface area (Å²) in [5.41, 5.74) is -0.121. The van der Waals surface area contributed by atoms with E-state index in [2.05, 4.69) is 5.32 Å². The number of carbonyl (C=O) groups excluding carboxylic acids is 1. The van der Waals surface area contributed by atoms with Gasteiger partial charge in [0.05, 0.1) is 17.4 Å². The van der Waals surface area contributed by atoms with Crippen molar-refractivity contribution in [1.29, 1.82) is 0 Å². The molecule has 5 heteroatoms. The van der Waals surface area contributed by atoms with Crippen LogP contribution in [0, 0.1) is 17.7 Å². The lowest BCUT2D eigenvalue weighted by Gasteiger charge is -2.18. The van der Waals surface area contributed by atoms with Gasteiger partial charge in [-0.1, -0.05) is 18.2 Å². The summed E-state index contributed by atoms with van der Waals surface area (Å²) in [6.45, 7) is 0. The molecule has 1 aromatic carbocycles. The maximum Gasteiger partial charge on any atom is 0.307 e. The van der Waals surface area contributed by atoms with Crippen molar-refractivity contribution in [3.8, 4) is 0 Å². The van der Waals surface area contributed by atoms with Gasteiger partial charge in [-0.25, -0.2) is 4.39 Å². The molecule has 1 aromatic rings. The second kappa shape index (κ2) is 4.05. The fourth-order valence-corrected chi connectivity index (χ4v) is 2.52. The third kappa shape index (κ3) is 2.09. The number of carboxylic acids is 1. The highest BCUT2D eigenvalue weighted by molar-refractivity contribution is 5.90. The van der Waals surface area contributed by atoms with Crippen LogP contribution in [0.15, 0.2) is 24.3 Å². The minimum Gasteiger partial charge on any atom is -0.481 e. The number of hydrogen-bond donors (Lipinski definition) is 2. The Hall–Kier alpha value is -1.91. The first-order chi connectivity index (χ1) is 9.03. The van der Waals surface area contributed by atoms with Gasteiger partial charge >= 0.3 is 5.97 Å². The van der Waals surface area contributed by atoms with E-state index in [1.165, 1.54) is 6.07 Å². The molecular weight excluding hydrogens is 249 g/mol. The van der Waals surface area contributed by atoms with E-state index in [9.17, 15) is 14.0 Å². The van der Waals surface area contributed by atoms with Crippen LogP contribution in [-0.2, 0) is 15.1 Å². The van der Waals surface area contributed by atoms with Crippen LogP contribution in [0.1, 0.15) is 24.8 Å². The van der Waals surface area contributed by atoms with E-state index < -0.39 is 23.3 Å². The lowest BCUT2D eigenvalue weighted by Crippen LogP contribution is -2.37. The number of carboxylic acid groups (broad SMARTS) is 1. The number of benzene rings is 1. The van der Waals surface area contributed by atoms with Gasteiger partial charge in [0.1, 0.15) is 5.82 Å². The van der Waals surface area contributed by atoms with Crippen molar-refractivity contribution in [1.82, 2.24) is 5.32 Å². The van der Waals surface area contributed by atoms with E-state index in [0.29, 0.717) is 24.8 Å². The Labute approximate surface area is 109 Å². The molecule has 4 nitrogen and oxygen atoms in total. The number of rotatable bonds is 4. The van der Waals surface area contributed by atoms with Crippen molar-refractivity contribution in [2.24, 2.45) is 11.8 Å². The Morgan fingerprint density at radius 2 is 1.95 bits per heavy atom. The van der Waals surface area contributed by atoms with Gasteiger partial charge < -0.3 is 10.4 Å². The van der Waals surface area contributed by atoms with E-state index in [0.717, 1.165) is 0 Å². The molecule has 2 aliphatic rings. The summed E-state index contributed by atoms with van der Waals surface area (Å²) < 4.78 is 13.8. The van der Waals surface area contributed by atoms with E-state index >= 15 is 0 Å². The Morgan fingerprint density at radius 3 is 2.47 bits per heavy atom. The number of nitrogens with one attached hydrogen (secondary N) is 1. The molecule has 0 heterocycles. The number of amides is 1. The fraction of sp³-hybridized carbons (Fsp3) is 0.429. The van der Waals surface area contributed by atoms with Crippen molar-refractivity contribution >= 4 is 11.9 Å². The van der Waals surface area contributed by atoms with Gasteiger partial charge in [0.15, 0.2) is 0 Å². The molecule has 100 valence electrons. The Morgan fingerprint density at radius 1 is 1.26 bits per heavy atom. The molecule has 19 heavy (non-hydrogen) atoms. The highest BCUT2D eigenvalue weighted by Crippen LogP contribution is 2.48. The molecule has 0 saturated heterocycles. The Kier molecular flexibility index (Phi) is 2.59. The SMILES string of the molecule is O=C(O)[C@@H]1C[C@H]1C(=O)NC1(c2ccccc2F)CC1. The maximum atomic E-state index is 13.8. The third-order valence-electron chi connectivity index (χ3n) is 3.95. The van der Waals surface area contributed by atoms with Gasteiger partial charge in [0, 0.05) is 5.56 Å². The first kappa shape index (κ1) is 12.1. The predicted octanol–water partition coefficient (Wildman–Crippen LogP) is 1.65. The highest BCUT2D eigenvalue weighted by Gasteiger charge is 2.53. The number of carbonyl (C=O) groups is 2. The minimum absolute atomic E-state index is 0.270. The molecule has 2 saturated carbocycles. The number of aliphatic carboxylic acids is 1. The lowest BCUT2D eigenvalue weighted by atomic mass is 10.0. The van der Waals surface area contributed by atoms with Crippen LogP contribution < -0.4 is 5.32 Å². The Balaban J connectivity index is 1.72. The van der Waals surface area contributed by atoms with E-state index in [1.54, 1.807) is 18.2 Å². The molecule has 0 aliphatic heterocycles. The number of halogens is 1. The van der Waals surface area contributed by atoms with Crippen molar-refractivity contribution in [2.45, 2.75) is 24.8 Å². The molecule has 2 aliphatic carbocycles. The standard InChI is InChI=1S/C14H14FNO3/c15-11-4-2-1-3-10(11)14(5-6-14)16-12(17)8-7-9(8)13(18)19/h1-4,8-9H,5-7H2,(H,16,17)(H,18,19)/t8-,9-/m1/s1.